The Kier molecular flexibility index (Phi) is 4.59. The number of aromatic carboxylic acids is 1. The fourth-order valence-corrected chi connectivity index (χ4v) is 1.18. The van der Waals surface area contributed by atoms with Gasteiger partial charge in [0.1, 0.15) is 5.69 Å². The molecule has 1 heterocycles. The van der Waals surface area contributed by atoms with Crippen LogP contribution in [0.15, 0.2) is 18.3 Å². The normalized spacial score (nSPS) is 10.3. The number of nitrogens with zero attached hydrogens (tertiary/aromatic N) is 2. The maximum Gasteiger partial charge on any atom is 0.354 e. The lowest BCUT2D eigenvalue weighted by atomic mass is 10.2. The van der Waals surface area contributed by atoms with E-state index in [4.69, 9.17) is 5.11 Å². The number of carboxylic acids is 1. The molecule has 0 saturated carbocycles. The zero-order chi connectivity index (χ0) is 12.8. The van der Waals surface area contributed by atoms with Crippen molar-refractivity contribution in [2.24, 2.45) is 0 Å². The van der Waals surface area contributed by atoms with Crippen molar-refractivity contribution in [3.05, 3.63) is 29.6 Å². The van der Waals surface area contributed by atoms with Gasteiger partial charge in [-0.25, -0.2) is 9.78 Å². The summed E-state index contributed by atoms with van der Waals surface area (Å²) in [6, 6.07) is 2.74. The van der Waals surface area contributed by atoms with Crippen molar-refractivity contribution in [1.29, 1.82) is 0 Å². The molecule has 92 valence electrons. The molecule has 1 rings (SSSR count). The van der Waals surface area contributed by atoms with E-state index in [1.54, 1.807) is 0 Å². The molecule has 17 heavy (non-hydrogen) atoms. The van der Waals surface area contributed by atoms with Gasteiger partial charge in [0.2, 0.25) is 0 Å². The first-order chi connectivity index (χ1) is 8.00. The third-order valence-electron chi connectivity index (χ3n) is 2.09. The zero-order valence-electron chi connectivity index (χ0n) is 9.80. The first-order valence-corrected chi connectivity index (χ1v) is 5.13. The smallest absolute Gasteiger partial charge is 0.354 e. The fraction of sp³-hybridized carbons (Fsp3) is 0.364. The van der Waals surface area contributed by atoms with Gasteiger partial charge in [-0.1, -0.05) is 0 Å². The van der Waals surface area contributed by atoms with Gasteiger partial charge >= 0.3 is 5.97 Å². The summed E-state index contributed by atoms with van der Waals surface area (Å²) in [6.07, 6.45) is 1.31. The number of amides is 1. The highest BCUT2D eigenvalue weighted by atomic mass is 16.4. The van der Waals surface area contributed by atoms with Crippen molar-refractivity contribution in [3.63, 3.8) is 0 Å². The Morgan fingerprint density at radius 1 is 1.47 bits per heavy atom. The van der Waals surface area contributed by atoms with Crippen LogP contribution in [0.2, 0.25) is 0 Å². The Morgan fingerprint density at radius 3 is 2.76 bits per heavy atom. The number of rotatable bonds is 5. The number of carboxylic acid groups (broad SMARTS) is 1. The lowest BCUT2D eigenvalue weighted by molar-refractivity contribution is 0.0690. The number of carbonyl (C=O) groups excluding carboxylic acids is 1. The first kappa shape index (κ1) is 13.1. The lowest BCUT2D eigenvalue weighted by Crippen LogP contribution is -2.31. The molecule has 0 bridgehead atoms. The number of carbonyl (C=O) groups is 2. The number of likely N-dealkylation sites (N-methyl/N-ethyl adjacent to an activating group) is 1. The molecule has 0 unspecified atom stereocenters. The van der Waals surface area contributed by atoms with E-state index in [9.17, 15) is 9.59 Å². The van der Waals surface area contributed by atoms with Crippen LogP contribution in [0.4, 0.5) is 0 Å². The lowest BCUT2D eigenvalue weighted by Gasteiger charge is -2.10. The van der Waals surface area contributed by atoms with E-state index >= 15 is 0 Å². The first-order valence-electron chi connectivity index (χ1n) is 5.13. The summed E-state index contributed by atoms with van der Waals surface area (Å²) in [5, 5.41) is 11.4. The summed E-state index contributed by atoms with van der Waals surface area (Å²) in [4.78, 5) is 27.9. The van der Waals surface area contributed by atoms with Gasteiger partial charge in [0.25, 0.3) is 5.91 Å². The summed E-state index contributed by atoms with van der Waals surface area (Å²) < 4.78 is 0. The fourth-order valence-electron chi connectivity index (χ4n) is 1.18. The van der Waals surface area contributed by atoms with Gasteiger partial charge in [-0.2, -0.15) is 0 Å². The standard InChI is InChI=1S/C11H15N3O3/c1-14(2)6-5-13-10(15)8-3-4-12-9(7-8)11(16)17/h3-4,7H,5-6H2,1-2H3,(H,13,15)(H,16,17). The highest BCUT2D eigenvalue weighted by Gasteiger charge is 2.09. The highest BCUT2D eigenvalue weighted by Crippen LogP contribution is 2.01. The minimum atomic E-state index is -1.15. The third-order valence-corrected chi connectivity index (χ3v) is 2.09. The maximum absolute atomic E-state index is 11.7. The molecular weight excluding hydrogens is 222 g/mol. The molecule has 0 spiro atoms. The molecule has 0 saturated heterocycles. The average molecular weight is 237 g/mol. The number of hydrogen-bond acceptors (Lipinski definition) is 4. The predicted molar refractivity (Wildman–Crippen MR) is 62.1 cm³/mol. The van der Waals surface area contributed by atoms with Gasteiger partial charge in [-0.15, -0.1) is 0 Å². The van der Waals surface area contributed by atoms with E-state index in [0.29, 0.717) is 12.1 Å². The maximum atomic E-state index is 11.7. The van der Waals surface area contributed by atoms with Crippen LogP contribution in [-0.4, -0.2) is 54.1 Å². The number of hydrogen-bond donors (Lipinski definition) is 2. The van der Waals surface area contributed by atoms with E-state index in [-0.39, 0.29) is 11.6 Å². The van der Waals surface area contributed by atoms with Crippen LogP contribution in [0.5, 0.6) is 0 Å². The molecule has 1 aromatic heterocycles. The van der Waals surface area contributed by atoms with Gasteiger partial charge in [0.05, 0.1) is 0 Å². The summed E-state index contributed by atoms with van der Waals surface area (Å²) in [5.74, 6) is -1.44. The second-order valence-electron chi connectivity index (χ2n) is 3.79. The number of aromatic nitrogens is 1. The van der Waals surface area contributed by atoms with Gasteiger partial charge in [-0.05, 0) is 26.2 Å². The molecule has 0 aromatic carbocycles. The third kappa shape index (κ3) is 4.20. The van der Waals surface area contributed by atoms with E-state index in [0.717, 1.165) is 6.54 Å². The Bertz CT molecular complexity index is 418. The monoisotopic (exact) mass is 237 g/mol. The molecule has 0 fully saturated rings. The molecule has 2 N–H and O–H groups in total. The molecule has 0 atom stereocenters. The molecular formula is C11H15N3O3. The Morgan fingerprint density at radius 2 is 2.18 bits per heavy atom. The molecule has 1 amide bonds. The van der Waals surface area contributed by atoms with Gasteiger partial charge in [0, 0.05) is 24.8 Å². The number of nitrogens with one attached hydrogen (secondary N) is 1. The van der Waals surface area contributed by atoms with E-state index in [2.05, 4.69) is 10.3 Å². The largest absolute Gasteiger partial charge is 0.477 e. The van der Waals surface area contributed by atoms with E-state index in [1.807, 2.05) is 19.0 Å². The van der Waals surface area contributed by atoms with Crippen molar-refractivity contribution in [2.75, 3.05) is 27.2 Å². The minimum absolute atomic E-state index is 0.134. The summed E-state index contributed by atoms with van der Waals surface area (Å²) >= 11 is 0. The van der Waals surface area contributed by atoms with Gasteiger partial charge in [-0.3, -0.25) is 4.79 Å². The Hall–Kier alpha value is -1.95. The number of pyridine rings is 1. The topological polar surface area (TPSA) is 82.5 Å². The van der Waals surface area contributed by atoms with Crippen LogP contribution in [0, 0.1) is 0 Å². The SMILES string of the molecule is CN(C)CCNC(=O)c1ccnc(C(=O)O)c1. The quantitative estimate of drug-likeness (QED) is 0.757. The summed E-state index contributed by atoms with van der Waals surface area (Å²) in [7, 11) is 3.81. The van der Waals surface area contributed by atoms with Crippen LogP contribution < -0.4 is 5.32 Å². The highest BCUT2D eigenvalue weighted by molar-refractivity contribution is 5.96. The van der Waals surface area contributed by atoms with Crippen LogP contribution in [-0.2, 0) is 0 Å². The molecule has 6 heteroatoms. The molecule has 1 aromatic rings. The molecule has 6 nitrogen and oxygen atoms in total. The second kappa shape index (κ2) is 5.95. The van der Waals surface area contributed by atoms with Crippen molar-refractivity contribution in [1.82, 2.24) is 15.2 Å². The van der Waals surface area contributed by atoms with Crippen LogP contribution in [0.25, 0.3) is 0 Å². The minimum Gasteiger partial charge on any atom is -0.477 e. The van der Waals surface area contributed by atoms with Gasteiger partial charge in [0.15, 0.2) is 0 Å². The van der Waals surface area contributed by atoms with Gasteiger partial charge < -0.3 is 15.3 Å². The van der Waals surface area contributed by atoms with E-state index in [1.165, 1.54) is 18.3 Å². The van der Waals surface area contributed by atoms with Crippen LogP contribution in [0.1, 0.15) is 20.8 Å². The summed E-state index contributed by atoms with van der Waals surface area (Å²) in [5.41, 5.74) is 0.168. The van der Waals surface area contributed by atoms with Crippen molar-refractivity contribution >= 4 is 11.9 Å². The Balaban J connectivity index is 2.63. The average Bonchev–Trinajstić information content (AvgIpc) is 2.28. The van der Waals surface area contributed by atoms with Crippen molar-refractivity contribution < 1.29 is 14.7 Å². The van der Waals surface area contributed by atoms with Crippen molar-refractivity contribution in [3.8, 4) is 0 Å². The van der Waals surface area contributed by atoms with Crippen LogP contribution >= 0.6 is 0 Å². The molecule has 0 aliphatic heterocycles. The van der Waals surface area contributed by atoms with Crippen LogP contribution in [0.3, 0.4) is 0 Å². The van der Waals surface area contributed by atoms with Crippen molar-refractivity contribution in [2.45, 2.75) is 0 Å². The second-order valence-corrected chi connectivity index (χ2v) is 3.79. The molecule has 0 aliphatic carbocycles. The predicted octanol–water partition coefficient (Wildman–Crippen LogP) is 0.0712. The zero-order valence-corrected chi connectivity index (χ0v) is 9.80. The summed E-state index contributed by atoms with van der Waals surface area (Å²) in [6.45, 7) is 1.24. The molecule has 0 radical (unpaired) electrons. The molecule has 0 aliphatic rings. The van der Waals surface area contributed by atoms with E-state index < -0.39 is 5.97 Å². The Labute approximate surface area is 99.3 Å².